The molecule has 0 saturated heterocycles. The fraction of sp³-hybridized carbons (Fsp3) is 0.100. The van der Waals surface area contributed by atoms with Gasteiger partial charge in [0.15, 0.2) is 17.5 Å². The van der Waals surface area contributed by atoms with Gasteiger partial charge in [0.05, 0.1) is 39.0 Å². The molecule has 8 heteroatoms. The lowest BCUT2D eigenvalue weighted by atomic mass is 9.80. The second kappa shape index (κ2) is 16.6. The number of para-hydroxylation sites is 2. The highest BCUT2D eigenvalue weighted by molar-refractivity contribution is 6.17. The Morgan fingerprint density at radius 1 is 0.359 bits per heavy atom. The molecule has 0 saturated carbocycles. The van der Waals surface area contributed by atoms with Crippen molar-refractivity contribution < 1.29 is 13.2 Å². The molecule has 0 radical (unpaired) electrons. The number of hydrogen-bond donors (Lipinski definition) is 0. The molecule has 0 N–H and O–H groups in total. The van der Waals surface area contributed by atoms with E-state index in [0.717, 1.165) is 71.4 Å². The fourth-order valence-corrected chi connectivity index (χ4v) is 13.4. The van der Waals surface area contributed by atoms with Gasteiger partial charge in [-0.1, -0.05) is 191 Å². The van der Waals surface area contributed by atoms with Gasteiger partial charge in [-0.2, -0.15) is 13.2 Å². The first-order chi connectivity index (χ1) is 37.9. The van der Waals surface area contributed by atoms with Crippen LogP contribution in [0.4, 0.5) is 13.2 Å². The van der Waals surface area contributed by atoms with E-state index in [1.54, 1.807) is 6.07 Å². The lowest BCUT2D eigenvalue weighted by Gasteiger charge is -2.24. The average Bonchev–Trinajstić information content (AvgIpc) is 2.81. The molecule has 0 spiro atoms. The Morgan fingerprint density at radius 2 is 0.808 bits per heavy atom. The van der Waals surface area contributed by atoms with E-state index in [2.05, 4.69) is 134 Å². The van der Waals surface area contributed by atoms with E-state index < -0.39 is 17.2 Å². The van der Waals surface area contributed by atoms with Gasteiger partial charge < -0.3 is 9.13 Å². The van der Waals surface area contributed by atoms with Crippen LogP contribution in [0, 0.1) is 0 Å². The number of fused-ring (bicyclic) bond motifs is 14. The zero-order valence-corrected chi connectivity index (χ0v) is 43.2. The molecule has 0 fully saturated rings. The number of hydrogen-bond acceptors (Lipinski definition) is 3. The van der Waals surface area contributed by atoms with Gasteiger partial charge in [-0.05, 0) is 99.1 Å². The molecule has 2 aliphatic carbocycles. The molecule has 374 valence electrons. The highest BCUT2D eigenvalue weighted by Crippen LogP contribution is 2.56. The molecule has 13 aromatic rings. The minimum atomic E-state index is -4.78. The minimum absolute atomic E-state index is 0.0352. The number of halogens is 3. The van der Waals surface area contributed by atoms with Gasteiger partial charge in [0, 0.05) is 60.2 Å². The summed E-state index contributed by atoms with van der Waals surface area (Å²) in [7, 11) is 0. The first-order valence-electron chi connectivity index (χ1n) is 26.4. The third-order valence-electron chi connectivity index (χ3n) is 16.8. The van der Waals surface area contributed by atoms with Gasteiger partial charge in [-0.25, -0.2) is 15.0 Å². The minimum Gasteiger partial charge on any atom is -0.309 e. The predicted molar refractivity (Wildman–Crippen MR) is 310 cm³/mol. The maximum absolute atomic E-state index is 16.6. The molecule has 0 aliphatic heterocycles. The summed E-state index contributed by atoms with van der Waals surface area (Å²) in [6.07, 6.45) is -4.78. The van der Waals surface area contributed by atoms with E-state index in [1.807, 2.05) is 109 Å². The number of benzene rings is 10. The first kappa shape index (κ1) is 45.9. The summed E-state index contributed by atoms with van der Waals surface area (Å²) in [5.74, 6) is 1.23. The monoisotopic (exact) mass is 1020 g/mol. The van der Waals surface area contributed by atoms with Crippen molar-refractivity contribution >= 4 is 43.6 Å². The summed E-state index contributed by atoms with van der Waals surface area (Å²) in [6.45, 7) is 9.06. The van der Waals surface area contributed by atoms with Crippen LogP contribution in [0.3, 0.4) is 0 Å². The molecule has 78 heavy (non-hydrogen) atoms. The van der Waals surface area contributed by atoms with Gasteiger partial charge >= 0.3 is 6.18 Å². The highest BCUT2D eigenvalue weighted by Gasteiger charge is 2.41. The maximum Gasteiger partial charge on any atom is 0.417 e. The SMILES string of the molecule is CC1(C)c2ccccc2-c2ccc3c(c21)c1ccccc1n3-c1ccc(-c2nc(-c3ccccc3)nc(-c3ccccc3)n2)cc1-c1c(-n2c3ccccc3c3c4c(ccc32)-c2ccccc2C4(C)C)cccc1C(F)(F)F. The lowest BCUT2D eigenvalue weighted by molar-refractivity contribution is -0.137. The van der Waals surface area contributed by atoms with E-state index in [4.69, 9.17) is 15.0 Å². The van der Waals surface area contributed by atoms with Gasteiger partial charge in [0.25, 0.3) is 0 Å². The molecule has 2 aliphatic rings. The normalized spacial score (nSPS) is 14.0. The Bertz CT molecular complexity index is 4600. The highest BCUT2D eigenvalue weighted by atomic mass is 19.4. The van der Waals surface area contributed by atoms with Crippen molar-refractivity contribution in [3.05, 3.63) is 246 Å². The van der Waals surface area contributed by atoms with Crippen LogP contribution in [-0.4, -0.2) is 24.1 Å². The zero-order valence-electron chi connectivity index (χ0n) is 43.2. The molecular formula is C70H48F3N5. The Hall–Kier alpha value is -9.40. The molecule has 3 heterocycles. The third-order valence-corrected chi connectivity index (χ3v) is 16.8. The van der Waals surface area contributed by atoms with Gasteiger partial charge in [-0.15, -0.1) is 0 Å². The molecule has 0 unspecified atom stereocenters. The van der Waals surface area contributed by atoms with Gasteiger partial charge in [-0.3, -0.25) is 0 Å². The molecule has 10 aromatic carbocycles. The molecule has 0 bridgehead atoms. The number of alkyl halides is 3. The summed E-state index contributed by atoms with van der Waals surface area (Å²) in [4.78, 5) is 15.3. The van der Waals surface area contributed by atoms with Crippen LogP contribution in [0.2, 0.25) is 0 Å². The number of rotatable bonds is 6. The summed E-state index contributed by atoms with van der Waals surface area (Å²) in [5, 5.41) is 4.07. The molecule has 15 rings (SSSR count). The second-order valence-corrected chi connectivity index (χ2v) is 21.8. The Balaban J connectivity index is 1.08. The van der Waals surface area contributed by atoms with Crippen LogP contribution in [-0.2, 0) is 17.0 Å². The molecule has 3 aromatic heterocycles. The first-order valence-corrected chi connectivity index (χ1v) is 26.4. The van der Waals surface area contributed by atoms with E-state index in [-0.39, 0.29) is 11.0 Å². The van der Waals surface area contributed by atoms with Crippen molar-refractivity contribution in [2.75, 3.05) is 0 Å². The van der Waals surface area contributed by atoms with Crippen molar-refractivity contribution in [2.24, 2.45) is 0 Å². The van der Waals surface area contributed by atoms with Crippen LogP contribution in [0.15, 0.2) is 218 Å². The predicted octanol–water partition coefficient (Wildman–Crippen LogP) is 18.4. The summed E-state index contributed by atoms with van der Waals surface area (Å²) < 4.78 is 54.1. The number of nitrogens with zero attached hydrogens (tertiary/aromatic N) is 5. The zero-order chi connectivity index (χ0) is 52.8. The molecule has 5 nitrogen and oxygen atoms in total. The molecular weight excluding hydrogens is 968 g/mol. The summed E-state index contributed by atoms with van der Waals surface area (Å²) in [5.41, 5.74) is 14.8. The fourth-order valence-electron chi connectivity index (χ4n) is 13.4. The quantitative estimate of drug-likeness (QED) is 0.167. The Kier molecular flexibility index (Phi) is 9.75. The van der Waals surface area contributed by atoms with Crippen molar-refractivity contribution in [1.82, 2.24) is 24.1 Å². The van der Waals surface area contributed by atoms with E-state index in [9.17, 15) is 0 Å². The smallest absolute Gasteiger partial charge is 0.309 e. The average molecular weight is 1020 g/mol. The second-order valence-electron chi connectivity index (χ2n) is 21.8. The van der Waals surface area contributed by atoms with Gasteiger partial charge in [0.2, 0.25) is 0 Å². The molecule has 0 atom stereocenters. The number of aromatic nitrogens is 5. The van der Waals surface area contributed by atoms with Gasteiger partial charge in [0.1, 0.15) is 0 Å². The van der Waals surface area contributed by atoms with Crippen LogP contribution < -0.4 is 0 Å². The van der Waals surface area contributed by atoms with Crippen LogP contribution in [0.25, 0.3) is 123 Å². The Morgan fingerprint density at radius 3 is 1.32 bits per heavy atom. The summed E-state index contributed by atoms with van der Waals surface area (Å²) in [6, 6.07) is 72.0. The largest absolute Gasteiger partial charge is 0.417 e. The third kappa shape index (κ3) is 6.52. The maximum atomic E-state index is 16.6. The van der Waals surface area contributed by atoms with E-state index >= 15 is 13.2 Å². The van der Waals surface area contributed by atoms with Crippen LogP contribution >= 0.6 is 0 Å². The van der Waals surface area contributed by atoms with Crippen LogP contribution in [0.5, 0.6) is 0 Å². The van der Waals surface area contributed by atoms with Crippen LogP contribution in [0.1, 0.15) is 55.5 Å². The van der Waals surface area contributed by atoms with Crippen molar-refractivity contribution in [2.45, 2.75) is 44.7 Å². The van der Waals surface area contributed by atoms with Crippen molar-refractivity contribution in [3.63, 3.8) is 0 Å². The van der Waals surface area contributed by atoms with Crippen molar-refractivity contribution in [1.29, 1.82) is 0 Å². The van der Waals surface area contributed by atoms with E-state index in [1.165, 1.54) is 33.9 Å². The standard InChI is InChI=1S/C70H48F3N5/c1-68(2)51-28-15-11-24-44(51)46-35-38-58-61(63(46)68)48-26-13-17-31-54(48)77(58)56-37-34-43(67-75-65(41-20-7-5-8-21-41)74-66(76-67)42-22-9-6-10-23-42)40-50(56)60-53(70(71,72)73)30-19-33-57(60)78-55-32-18-14-27-49(55)62-59(78)39-36-47-45-25-12-16-29-52(45)69(3,4)64(47)62/h5-40H,1-4H3. The topological polar surface area (TPSA) is 48.5 Å². The molecule has 0 amide bonds. The van der Waals surface area contributed by atoms with Crippen molar-refractivity contribution in [3.8, 4) is 78.9 Å². The summed E-state index contributed by atoms with van der Waals surface area (Å²) >= 11 is 0. The Labute approximate surface area is 448 Å². The van der Waals surface area contributed by atoms with E-state index in [0.29, 0.717) is 40.0 Å². The lowest BCUT2D eigenvalue weighted by Crippen LogP contribution is -2.15.